The Hall–Kier alpha value is -0.940. The van der Waals surface area contributed by atoms with Crippen molar-refractivity contribution in [1.29, 1.82) is 0 Å². The highest BCUT2D eigenvalue weighted by atomic mass is 35.5. The van der Waals surface area contributed by atoms with Gasteiger partial charge in [-0.2, -0.15) is 0 Å². The molecule has 1 aromatic rings. The van der Waals surface area contributed by atoms with Crippen LogP contribution in [0, 0.1) is 0 Å². The van der Waals surface area contributed by atoms with Crippen LogP contribution >= 0.6 is 11.6 Å². The van der Waals surface area contributed by atoms with Crippen LogP contribution in [0.15, 0.2) is 6.20 Å². The number of aliphatic hydroxyl groups excluding tert-OH is 1. The van der Waals surface area contributed by atoms with Gasteiger partial charge in [-0.3, -0.25) is 4.98 Å². The molecule has 0 fully saturated rings. The Morgan fingerprint density at radius 2 is 2.14 bits per heavy atom. The fourth-order valence-corrected chi connectivity index (χ4v) is 1.34. The summed E-state index contributed by atoms with van der Waals surface area (Å²) in [5.41, 5.74) is -0.362. The summed E-state index contributed by atoms with van der Waals surface area (Å²) in [4.78, 5) is 3.34. The van der Waals surface area contributed by atoms with Gasteiger partial charge in [0.2, 0.25) is 0 Å². The quantitative estimate of drug-likeness (QED) is 0.771. The molecule has 0 unspecified atom stereocenters. The number of hydrogen-bond donors (Lipinski definition) is 2. The molecule has 1 heterocycles. The summed E-state index contributed by atoms with van der Waals surface area (Å²) in [6.45, 7) is -0.397. The van der Waals surface area contributed by atoms with Gasteiger partial charge in [-0.05, 0) is 0 Å². The predicted molar refractivity (Wildman–Crippen MR) is 46.3 cm³/mol. The molecule has 3 nitrogen and oxygen atoms in total. The van der Waals surface area contributed by atoms with Crippen molar-refractivity contribution in [2.45, 2.75) is 18.9 Å². The van der Waals surface area contributed by atoms with Crippen molar-refractivity contribution < 1.29 is 19.0 Å². The van der Waals surface area contributed by atoms with Crippen LogP contribution in [0.25, 0.3) is 0 Å². The average Bonchev–Trinajstić information content (AvgIpc) is 2.16. The molecule has 0 aliphatic carbocycles. The summed E-state index contributed by atoms with van der Waals surface area (Å²) in [6.07, 6.45) is -1.77. The minimum absolute atomic E-state index is 0.0967. The fourth-order valence-electron chi connectivity index (χ4n) is 1.04. The SMILES string of the molecule is OCc1cnc(C(F)F)c(O)c1CCl. The first kappa shape index (κ1) is 11.1. The molecule has 0 bridgehead atoms. The van der Waals surface area contributed by atoms with Gasteiger partial charge < -0.3 is 10.2 Å². The molecule has 0 saturated heterocycles. The number of hydrogen-bond acceptors (Lipinski definition) is 3. The number of alkyl halides is 3. The Morgan fingerprint density at radius 3 is 2.57 bits per heavy atom. The van der Waals surface area contributed by atoms with Gasteiger partial charge in [-0.1, -0.05) is 0 Å². The van der Waals surface area contributed by atoms with Crippen molar-refractivity contribution in [3.05, 3.63) is 23.0 Å². The molecular formula is C8H8ClF2NO2. The molecule has 0 atom stereocenters. The first-order chi connectivity index (χ1) is 6.61. The lowest BCUT2D eigenvalue weighted by molar-refractivity contribution is 0.141. The number of pyridine rings is 1. The van der Waals surface area contributed by atoms with Gasteiger partial charge in [0.1, 0.15) is 11.4 Å². The summed E-state index contributed by atoms with van der Waals surface area (Å²) in [5.74, 6) is -0.786. The Kier molecular flexibility index (Phi) is 3.60. The standard InChI is InChI=1S/C8H8ClF2NO2/c9-1-5-4(3-13)2-12-6(7(5)14)8(10)11/h2,8,13-14H,1,3H2. The third-order valence-electron chi connectivity index (χ3n) is 1.79. The van der Waals surface area contributed by atoms with Crippen molar-refractivity contribution in [3.63, 3.8) is 0 Å². The first-order valence-electron chi connectivity index (χ1n) is 3.76. The van der Waals surface area contributed by atoms with Gasteiger partial charge in [0, 0.05) is 17.3 Å². The normalized spacial score (nSPS) is 10.9. The molecule has 0 radical (unpaired) electrons. The highest BCUT2D eigenvalue weighted by Gasteiger charge is 2.19. The van der Waals surface area contributed by atoms with Crippen LogP contribution in [0.5, 0.6) is 5.75 Å². The molecule has 1 aromatic heterocycles. The van der Waals surface area contributed by atoms with Crippen LogP contribution in [0.3, 0.4) is 0 Å². The van der Waals surface area contributed by atoms with Gasteiger partial charge in [-0.15, -0.1) is 11.6 Å². The lowest BCUT2D eigenvalue weighted by atomic mass is 10.1. The summed E-state index contributed by atoms with van der Waals surface area (Å²) in [7, 11) is 0. The lowest BCUT2D eigenvalue weighted by Gasteiger charge is -2.09. The zero-order valence-corrected chi connectivity index (χ0v) is 7.80. The van der Waals surface area contributed by atoms with E-state index in [0.29, 0.717) is 0 Å². The molecule has 6 heteroatoms. The van der Waals surface area contributed by atoms with E-state index in [9.17, 15) is 13.9 Å². The number of nitrogens with zero attached hydrogens (tertiary/aromatic N) is 1. The van der Waals surface area contributed by atoms with E-state index < -0.39 is 24.5 Å². The third-order valence-corrected chi connectivity index (χ3v) is 2.05. The third kappa shape index (κ3) is 1.93. The Bertz CT molecular complexity index is 333. The monoisotopic (exact) mass is 223 g/mol. The second kappa shape index (κ2) is 4.52. The van der Waals surface area contributed by atoms with Gasteiger partial charge >= 0.3 is 0 Å². The van der Waals surface area contributed by atoms with Crippen molar-refractivity contribution in [2.75, 3.05) is 0 Å². The first-order valence-corrected chi connectivity index (χ1v) is 4.29. The minimum atomic E-state index is -2.86. The summed E-state index contributed by atoms with van der Waals surface area (Å²) >= 11 is 5.45. The maximum Gasteiger partial charge on any atom is 0.284 e. The molecular weight excluding hydrogens is 216 g/mol. The molecule has 0 amide bonds. The van der Waals surface area contributed by atoms with Crippen LogP contribution in [0.1, 0.15) is 23.2 Å². The van der Waals surface area contributed by atoms with E-state index in [2.05, 4.69) is 4.98 Å². The maximum atomic E-state index is 12.3. The number of aromatic nitrogens is 1. The van der Waals surface area contributed by atoms with Crippen molar-refractivity contribution in [1.82, 2.24) is 4.98 Å². The number of aliphatic hydroxyl groups is 1. The van der Waals surface area contributed by atoms with Crippen molar-refractivity contribution >= 4 is 11.6 Å². The zero-order valence-electron chi connectivity index (χ0n) is 7.04. The number of rotatable bonds is 3. The molecule has 0 aliphatic rings. The maximum absolute atomic E-state index is 12.3. The topological polar surface area (TPSA) is 53.4 Å². The van der Waals surface area contributed by atoms with Gasteiger partial charge in [0.25, 0.3) is 6.43 Å². The second-order valence-corrected chi connectivity index (χ2v) is 2.86. The highest BCUT2D eigenvalue weighted by molar-refractivity contribution is 6.17. The molecule has 78 valence electrons. The van der Waals surface area contributed by atoms with E-state index in [0.717, 1.165) is 6.20 Å². The summed E-state index contributed by atoms with van der Waals surface area (Å²) < 4.78 is 24.5. The zero-order chi connectivity index (χ0) is 10.7. The van der Waals surface area contributed by atoms with E-state index in [1.54, 1.807) is 0 Å². The van der Waals surface area contributed by atoms with E-state index in [-0.39, 0.29) is 17.0 Å². The molecule has 1 rings (SSSR count). The van der Waals surface area contributed by atoms with E-state index in [4.69, 9.17) is 16.7 Å². The number of halogens is 3. The Balaban J connectivity index is 3.27. The van der Waals surface area contributed by atoms with E-state index in [1.165, 1.54) is 0 Å². The minimum Gasteiger partial charge on any atom is -0.505 e. The summed E-state index contributed by atoms with van der Waals surface area (Å²) in [5, 5.41) is 18.1. The molecule has 2 N–H and O–H groups in total. The van der Waals surface area contributed by atoms with Crippen LogP contribution in [-0.2, 0) is 12.5 Å². The summed E-state index contributed by atoms with van der Waals surface area (Å²) in [6, 6.07) is 0. The number of aromatic hydroxyl groups is 1. The highest BCUT2D eigenvalue weighted by Crippen LogP contribution is 2.31. The van der Waals surface area contributed by atoms with Gasteiger partial charge in [0.15, 0.2) is 0 Å². The molecule has 0 spiro atoms. The Labute approximate surface area is 84.0 Å². The van der Waals surface area contributed by atoms with Crippen LogP contribution < -0.4 is 0 Å². The molecule has 14 heavy (non-hydrogen) atoms. The van der Waals surface area contributed by atoms with Crippen molar-refractivity contribution in [3.8, 4) is 5.75 Å². The van der Waals surface area contributed by atoms with Gasteiger partial charge in [0.05, 0.1) is 12.5 Å². The largest absolute Gasteiger partial charge is 0.505 e. The van der Waals surface area contributed by atoms with Crippen LogP contribution in [0.4, 0.5) is 8.78 Å². The Morgan fingerprint density at radius 1 is 1.50 bits per heavy atom. The van der Waals surface area contributed by atoms with Crippen LogP contribution in [-0.4, -0.2) is 15.2 Å². The van der Waals surface area contributed by atoms with Crippen molar-refractivity contribution in [2.24, 2.45) is 0 Å². The average molecular weight is 224 g/mol. The fraction of sp³-hybridized carbons (Fsp3) is 0.375. The van der Waals surface area contributed by atoms with Crippen LogP contribution in [0.2, 0.25) is 0 Å². The van der Waals surface area contributed by atoms with Gasteiger partial charge in [-0.25, -0.2) is 8.78 Å². The molecule has 0 aromatic carbocycles. The predicted octanol–water partition coefficient (Wildman–Crippen LogP) is 1.96. The second-order valence-electron chi connectivity index (χ2n) is 2.59. The smallest absolute Gasteiger partial charge is 0.284 e. The van der Waals surface area contributed by atoms with E-state index in [1.807, 2.05) is 0 Å². The lowest BCUT2D eigenvalue weighted by Crippen LogP contribution is -1.99. The molecule has 0 saturated carbocycles. The molecule has 0 aliphatic heterocycles. The van der Waals surface area contributed by atoms with E-state index >= 15 is 0 Å².